The standard InChI is InChI=1S/C19H17ClFNO4/c1-2-3-14-18-17(19(24)26-14)15(9-4-5-11(21)10(20)6-9)16-12(22-18)7-25-8-13(16)23/h4-6,14-15,22H,2-3,7-8H2,1H3/t14-,15-/m1/s1. The van der Waals surface area contributed by atoms with Crippen LogP contribution in [0.1, 0.15) is 31.2 Å². The molecule has 0 bridgehead atoms. The quantitative estimate of drug-likeness (QED) is 0.820. The van der Waals surface area contributed by atoms with Crippen molar-refractivity contribution in [3.8, 4) is 0 Å². The molecule has 3 aliphatic heterocycles. The summed E-state index contributed by atoms with van der Waals surface area (Å²) < 4.78 is 24.5. The van der Waals surface area contributed by atoms with Gasteiger partial charge in [0, 0.05) is 17.2 Å². The first-order valence-corrected chi connectivity index (χ1v) is 8.90. The van der Waals surface area contributed by atoms with E-state index in [1.807, 2.05) is 6.92 Å². The summed E-state index contributed by atoms with van der Waals surface area (Å²) in [5.41, 5.74) is 2.75. The van der Waals surface area contributed by atoms with Crippen LogP contribution in [0.25, 0.3) is 0 Å². The van der Waals surface area contributed by atoms with Crippen LogP contribution in [0, 0.1) is 5.82 Å². The molecule has 136 valence electrons. The van der Waals surface area contributed by atoms with Gasteiger partial charge in [-0.15, -0.1) is 0 Å². The number of esters is 1. The minimum absolute atomic E-state index is 0.0536. The number of Topliss-reactive ketones (excluding diaryl/α,β-unsaturated/α-hetero) is 1. The third kappa shape index (κ3) is 2.64. The fraction of sp³-hybridized carbons (Fsp3) is 0.368. The van der Waals surface area contributed by atoms with Gasteiger partial charge in [-0.25, -0.2) is 9.18 Å². The number of carbonyl (C=O) groups is 2. The number of nitrogens with one attached hydrogen (secondary N) is 1. The summed E-state index contributed by atoms with van der Waals surface area (Å²) in [6, 6.07) is 4.26. The zero-order valence-corrected chi connectivity index (χ0v) is 14.9. The molecular weight excluding hydrogens is 361 g/mol. The minimum Gasteiger partial charge on any atom is -0.452 e. The molecule has 0 aliphatic carbocycles. The maximum atomic E-state index is 13.6. The molecule has 3 aliphatic rings. The van der Waals surface area contributed by atoms with E-state index in [9.17, 15) is 14.0 Å². The first-order valence-electron chi connectivity index (χ1n) is 8.52. The van der Waals surface area contributed by atoms with Crippen molar-refractivity contribution >= 4 is 23.4 Å². The van der Waals surface area contributed by atoms with E-state index >= 15 is 0 Å². The van der Waals surface area contributed by atoms with E-state index in [0.717, 1.165) is 6.42 Å². The fourth-order valence-electron chi connectivity index (χ4n) is 3.76. The lowest BCUT2D eigenvalue weighted by Crippen LogP contribution is -2.38. The topological polar surface area (TPSA) is 64.6 Å². The van der Waals surface area contributed by atoms with Crippen molar-refractivity contribution < 1.29 is 23.5 Å². The molecule has 0 aromatic heterocycles. The van der Waals surface area contributed by atoms with Crippen LogP contribution >= 0.6 is 11.6 Å². The molecule has 4 rings (SSSR count). The molecule has 0 fully saturated rings. The minimum atomic E-state index is -0.634. The van der Waals surface area contributed by atoms with E-state index in [4.69, 9.17) is 21.1 Å². The van der Waals surface area contributed by atoms with Crippen molar-refractivity contribution in [3.63, 3.8) is 0 Å². The van der Waals surface area contributed by atoms with Crippen LogP contribution in [0.15, 0.2) is 40.7 Å². The van der Waals surface area contributed by atoms with Crippen LogP contribution in [0.2, 0.25) is 5.02 Å². The molecular formula is C19H17ClFNO4. The summed E-state index contributed by atoms with van der Waals surface area (Å²) in [5, 5.41) is 3.14. The van der Waals surface area contributed by atoms with E-state index in [1.54, 1.807) is 6.07 Å². The van der Waals surface area contributed by atoms with Gasteiger partial charge >= 0.3 is 5.97 Å². The predicted molar refractivity (Wildman–Crippen MR) is 92.0 cm³/mol. The molecule has 0 radical (unpaired) electrons. The molecule has 5 nitrogen and oxygen atoms in total. The second-order valence-electron chi connectivity index (χ2n) is 6.55. The molecule has 0 saturated heterocycles. The number of hydrogen-bond acceptors (Lipinski definition) is 5. The average molecular weight is 378 g/mol. The average Bonchev–Trinajstić information content (AvgIpc) is 2.92. The van der Waals surface area contributed by atoms with Gasteiger partial charge in [0.2, 0.25) is 0 Å². The molecule has 0 saturated carbocycles. The Morgan fingerprint density at radius 3 is 2.81 bits per heavy atom. The van der Waals surface area contributed by atoms with E-state index in [2.05, 4.69) is 5.32 Å². The fourth-order valence-corrected chi connectivity index (χ4v) is 3.95. The maximum absolute atomic E-state index is 13.6. The first-order chi connectivity index (χ1) is 12.5. The number of cyclic esters (lactones) is 1. The number of halogens is 2. The normalized spacial score (nSPS) is 25.0. The van der Waals surface area contributed by atoms with Crippen molar-refractivity contribution in [2.45, 2.75) is 31.8 Å². The van der Waals surface area contributed by atoms with E-state index in [1.165, 1.54) is 12.1 Å². The first kappa shape index (κ1) is 17.2. The predicted octanol–water partition coefficient (Wildman–Crippen LogP) is 3.00. The molecule has 0 spiro atoms. The van der Waals surface area contributed by atoms with Crippen molar-refractivity contribution in [1.29, 1.82) is 0 Å². The number of rotatable bonds is 3. The third-order valence-electron chi connectivity index (χ3n) is 4.88. The molecule has 1 N–H and O–H groups in total. The highest BCUT2D eigenvalue weighted by Gasteiger charge is 2.46. The molecule has 2 atom stereocenters. The van der Waals surface area contributed by atoms with Crippen molar-refractivity contribution in [2.75, 3.05) is 13.2 Å². The molecule has 3 heterocycles. The molecule has 1 aromatic rings. The smallest absolute Gasteiger partial charge is 0.337 e. The Morgan fingerprint density at radius 1 is 1.27 bits per heavy atom. The van der Waals surface area contributed by atoms with E-state index < -0.39 is 17.7 Å². The second kappa shape index (κ2) is 6.52. The van der Waals surface area contributed by atoms with E-state index in [0.29, 0.717) is 34.5 Å². The highest BCUT2D eigenvalue weighted by molar-refractivity contribution is 6.30. The Labute approximate surface area is 154 Å². The summed E-state index contributed by atoms with van der Waals surface area (Å²) in [5.74, 6) is -1.85. The van der Waals surface area contributed by atoms with Crippen molar-refractivity contribution in [2.24, 2.45) is 0 Å². The summed E-state index contributed by atoms with van der Waals surface area (Å²) >= 11 is 5.95. The Kier molecular flexibility index (Phi) is 4.32. The van der Waals surface area contributed by atoms with Gasteiger partial charge in [-0.1, -0.05) is 31.0 Å². The second-order valence-corrected chi connectivity index (χ2v) is 6.96. The molecule has 0 amide bonds. The van der Waals surface area contributed by atoms with Gasteiger partial charge in [-0.05, 0) is 24.1 Å². The van der Waals surface area contributed by atoms with E-state index in [-0.39, 0.29) is 30.1 Å². The zero-order valence-electron chi connectivity index (χ0n) is 14.1. The Hall–Kier alpha value is -2.18. The molecule has 26 heavy (non-hydrogen) atoms. The number of benzene rings is 1. The lowest BCUT2D eigenvalue weighted by molar-refractivity contribution is -0.140. The van der Waals surface area contributed by atoms with Crippen LogP contribution in [-0.2, 0) is 19.1 Å². The van der Waals surface area contributed by atoms with Gasteiger partial charge in [0.15, 0.2) is 5.78 Å². The zero-order chi connectivity index (χ0) is 18.4. The Morgan fingerprint density at radius 2 is 2.08 bits per heavy atom. The van der Waals surface area contributed by atoms with Gasteiger partial charge in [0.05, 0.1) is 22.9 Å². The Balaban J connectivity index is 1.89. The lowest BCUT2D eigenvalue weighted by Gasteiger charge is -2.32. The number of carbonyl (C=O) groups excluding carboxylic acids is 2. The van der Waals surface area contributed by atoms with Gasteiger partial charge in [0.25, 0.3) is 0 Å². The number of hydrogen-bond donors (Lipinski definition) is 1. The number of ether oxygens (including phenoxy) is 2. The summed E-state index contributed by atoms with van der Waals surface area (Å²) in [7, 11) is 0. The van der Waals surface area contributed by atoms with Crippen LogP contribution in [0.3, 0.4) is 0 Å². The van der Waals surface area contributed by atoms with Crippen molar-refractivity contribution in [3.05, 3.63) is 57.1 Å². The highest BCUT2D eigenvalue weighted by atomic mass is 35.5. The highest BCUT2D eigenvalue weighted by Crippen LogP contribution is 2.45. The van der Waals surface area contributed by atoms with Gasteiger partial charge in [0.1, 0.15) is 18.5 Å². The SMILES string of the molecule is CCC[C@H]1OC(=O)C2=C1NC1=C(C(=O)COC1)[C@H]2c1ccc(F)c(Cl)c1. The van der Waals surface area contributed by atoms with Crippen LogP contribution in [0.5, 0.6) is 0 Å². The largest absolute Gasteiger partial charge is 0.452 e. The Bertz CT molecular complexity index is 876. The van der Waals surface area contributed by atoms with Gasteiger partial charge in [-0.3, -0.25) is 4.79 Å². The summed E-state index contributed by atoms with van der Waals surface area (Å²) in [4.78, 5) is 25.2. The van der Waals surface area contributed by atoms with Gasteiger partial charge < -0.3 is 14.8 Å². The summed E-state index contributed by atoms with van der Waals surface area (Å²) in [6.07, 6.45) is 1.13. The lowest BCUT2D eigenvalue weighted by atomic mass is 9.78. The van der Waals surface area contributed by atoms with Crippen LogP contribution < -0.4 is 5.32 Å². The molecule has 7 heteroatoms. The number of dihydropyridines is 1. The third-order valence-corrected chi connectivity index (χ3v) is 5.17. The van der Waals surface area contributed by atoms with Crippen LogP contribution in [0.4, 0.5) is 4.39 Å². The van der Waals surface area contributed by atoms with Crippen molar-refractivity contribution in [1.82, 2.24) is 5.32 Å². The molecule has 1 aromatic carbocycles. The van der Waals surface area contributed by atoms with Gasteiger partial charge in [-0.2, -0.15) is 0 Å². The van der Waals surface area contributed by atoms with Crippen LogP contribution in [-0.4, -0.2) is 31.1 Å². The maximum Gasteiger partial charge on any atom is 0.337 e. The monoisotopic (exact) mass is 377 g/mol. The summed E-state index contributed by atoms with van der Waals surface area (Å²) in [6.45, 7) is 2.20. The molecule has 0 unspecified atom stereocenters. The number of ketones is 1.